The molecule has 2 aromatic rings. The zero-order chi connectivity index (χ0) is 19.2. The van der Waals surface area contributed by atoms with Gasteiger partial charge in [-0.3, -0.25) is 9.59 Å². The molecular formula is C21H23FN2O3. The molecule has 0 unspecified atom stereocenters. The van der Waals surface area contributed by atoms with Gasteiger partial charge >= 0.3 is 0 Å². The van der Waals surface area contributed by atoms with Crippen molar-refractivity contribution in [3.63, 3.8) is 0 Å². The standard InChI is InChI=1S/C21H23FN2O3/c1-27-19-7-3-2-6-18(19)24-14-13-23(15-21(24)26)20(25)8-4-5-16-9-11-17(22)12-10-16/h2-3,6-7,9-12H,4-5,8,13-15H2,1H3. The van der Waals surface area contributed by atoms with E-state index in [4.69, 9.17) is 4.74 Å². The third-order valence-electron chi connectivity index (χ3n) is 4.72. The van der Waals surface area contributed by atoms with Gasteiger partial charge < -0.3 is 14.5 Å². The summed E-state index contributed by atoms with van der Waals surface area (Å²) >= 11 is 0. The minimum atomic E-state index is -0.263. The van der Waals surface area contributed by atoms with Gasteiger partial charge in [0.1, 0.15) is 18.1 Å². The third kappa shape index (κ3) is 4.64. The summed E-state index contributed by atoms with van der Waals surface area (Å²) < 4.78 is 18.2. The number of hydrogen-bond acceptors (Lipinski definition) is 3. The lowest BCUT2D eigenvalue weighted by Crippen LogP contribution is -2.52. The van der Waals surface area contributed by atoms with Crippen molar-refractivity contribution in [3.05, 3.63) is 59.9 Å². The third-order valence-corrected chi connectivity index (χ3v) is 4.72. The lowest BCUT2D eigenvalue weighted by Gasteiger charge is -2.35. The van der Waals surface area contributed by atoms with E-state index in [2.05, 4.69) is 0 Å². The number of anilines is 1. The first-order chi connectivity index (χ1) is 13.1. The van der Waals surface area contributed by atoms with Gasteiger partial charge in [0.15, 0.2) is 0 Å². The molecule has 0 atom stereocenters. The summed E-state index contributed by atoms with van der Waals surface area (Å²) in [7, 11) is 1.57. The van der Waals surface area contributed by atoms with Crippen LogP contribution in [0.5, 0.6) is 5.75 Å². The van der Waals surface area contributed by atoms with Gasteiger partial charge in [-0.1, -0.05) is 24.3 Å². The van der Waals surface area contributed by atoms with Gasteiger partial charge in [0.2, 0.25) is 11.8 Å². The molecule has 5 nitrogen and oxygen atoms in total. The molecule has 1 fully saturated rings. The number of methoxy groups -OCH3 is 1. The Morgan fingerprint density at radius 1 is 1.11 bits per heavy atom. The molecule has 3 rings (SSSR count). The van der Waals surface area contributed by atoms with Crippen molar-refractivity contribution in [3.8, 4) is 5.75 Å². The number of piperazine rings is 1. The fourth-order valence-corrected chi connectivity index (χ4v) is 3.25. The van der Waals surface area contributed by atoms with Gasteiger partial charge in [-0.15, -0.1) is 0 Å². The Hall–Kier alpha value is -2.89. The number of halogens is 1. The fraction of sp³-hybridized carbons (Fsp3) is 0.333. The number of ether oxygens (including phenoxy) is 1. The second-order valence-electron chi connectivity index (χ2n) is 6.51. The molecule has 0 spiro atoms. The molecule has 0 aliphatic carbocycles. The van der Waals surface area contributed by atoms with Crippen molar-refractivity contribution >= 4 is 17.5 Å². The van der Waals surface area contributed by atoms with Gasteiger partial charge in [-0.2, -0.15) is 0 Å². The van der Waals surface area contributed by atoms with Crippen LogP contribution < -0.4 is 9.64 Å². The van der Waals surface area contributed by atoms with Crippen LogP contribution in [0.15, 0.2) is 48.5 Å². The fourth-order valence-electron chi connectivity index (χ4n) is 3.25. The zero-order valence-electron chi connectivity index (χ0n) is 15.4. The maximum Gasteiger partial charge on any atom is 0.246 e. The zero-order valence-corrected chi connectivity index (χ0v) is 15.4. The maximum atomic E-state index is 12.9. The highest BCUT2D eigenvalue weighted by molar-refractivity contribution is 5.99. The molecule has 1 aliphatic heterocycles. The Morgan fingerprint density at radius 2 is 1.85 bits per heavy atom. The highest BCUT2D eigenvalue weighted by Gasteiger charge is 2.29. The van der Waals surface area contributed by atoms with Crippen LogP contribution in [0.1, 0.15) is 18.4 Å². The number of benzene rings is 2. The van der Waals surface area contributed by atoms with Crippen molar-refractivity contribution in [2.75, 3.05) is 31.6 Å². The van der Waals surface area contributed by atoms with E-state index in [0.717, 1.165) is 11.3 Å². The molecule has 0 bridgehead atoms. The molecule has 0 saturated carbocycles. The average Bonchev–Trinajstić information content (AvgIpc) is 2.69. The van der Waals surface area contributed by atoms with Crippen LogP contribution in [0.25, 0.3) is 0 Å². The molecule has 0 radical (unpaired) electrons. The normalized spacial score (nSPS) is 14.4. The summed E-state index contributed by atoms with van der Waals surface area (Å²) in [5, 5.41) is 0. The minimum Gasteiger partial charge on any atom is -0.495 e. The molecular weight excluding hydrogens is 347 g/mol. The number of carbonyl (C=O) groups excluding carboxylic acids is 2. The SMILES string of the molecule is COc1ccccc1N1CCN(C(=O)CCCc2ccc(F)cc2)CC1=O. The maximum absolute atomic E-state index is 12.9. The van der Waals surface area contributed by atoms with Crippen molar-refractivity contribution in [2.45, 2.75) is 19.3 Å². The van der Waals surface area contributed by atoms with Crippen molar-refractivity contribution in [1.82, 2.24) is 4.90 Å². The Bertz CT molecular complexity index is 807. The lowest BCUT2D eigenvalue weighted by molar-refractivity contribution is -0.136. The van der Waals surface area contributed by atoms with Crippen molar-refractivity contribution < 1.29 is 18.7 Å². The smallest absolute Gasteiger partial charge is 0.246 e. The summed E-state index contributed by atoms with van der Waals surface area (Å²) in [4.78, 5) is 28.2. The van der Waals surface area contributed by atoms with E-state index >= 15 is 0 Å². The number of carbonyl (C=O) groups is 2. The van der Waals surface area contributed by atoms with Gasteiger partial charge in [0.05, 0.1) is 12.8 Å². The largest absolute Gasteiger partial charge is 0.495 e. The predicted molar refractivity (Wildman–Crippen MR) is 101 cm³/mol. The minimum absolute atomic E-state index is 0.0230. The molecule has 1 saturated heterocycles. The van der Waals surface area contributed by atoms with Crippen LogP contribution in [0.4, 0.5) is 10.1 Å². The first-order valence-corrected chi connectivity index (χ1v) is 9.04. The Morgan fingerprint density at radius 3 is 2.56 bits per heavy atom. The van der Waals surface area contributed by atoms with E-state index in [-0.39, 0.29) is 24.2 Å². The van der Waals surface area contributed by atoms with Crippen LogP contribution in [-0.4, -0.2) is 43.5 Å². The van der Waals surface area contributed by atoms with E-state index < -0.39 is 0 Å². The second-order valence-corrected chi connectivity index (χ2v) is 6.51. The number of para-hydroxylation sites is 2. The molecule has 2 aromatic carbocycles. The molecule has 0 aromatic heterocycles. The molecule has 2 amide bonds. The van der Waals surface area contributed by atoms with Gasteiger partial charge in [0, 0.05) is 19.5 Å². The molecule has 1 aliphatic rings. The van der Waals surface area contributed by atoms with Crippen LogP contribution in [-0.2, 0) is 16.0 Å². The van der Waals surface area contributed by atoms with Crippen LogP contribution in [0, 0.1) is 5.82 Å². The molecule has 27 heavy (non-hydrogen) atoms. The van der Waals surface area contributed by atoms with Crippen LogP contribution >= 0.6 is 0 Å². The summed E-state index contributed by atoms with van der Waals surface area (Å²) in [5.41, 5.74) is 1.73. The van der Waals surface area contributed by atoms with E-state index in [9.17, 15) is 14.0 Å². The highest BCUT2D eigenvalue weighted by atomic mass is 19.1. The Kier molecular flexibility index (Phi) is 6.06. The Balaban J connectivity index is 1.52. The Labute approximate surface area is 158 Å². The van der Waals surface area contributed by atoms with Crippen LogP contribution in [0.3, 0.4) is 0 Å². The second kappa shape index (κ2) is 8.66. The van der Waals surface area contributed by atoms with Gasteiger partial charge in [0.25, 0.3) is 0 Å². The lowest BCUT2D eigenvalue weighted by atomic mass is 10.1. The topological polar surface area (TPSA) is 49.9 Å². The quantitative estimate of drug-likeness (QED) is 0.785. The van der Waals surface area contributed by atoms with Crippen LogP contribution in [0.2, 0.25) is 0 Å². The molecule has 142 valence electrons. The predicted octanol–water partition coefficient (Wildman–Crippen LogP) is 3.03. The summed E-state index contributed by atoms with van der Waals surface area (Å²) in [6.45, 7) is 1.02. The number of rotatable bonds is 6. The van der Waals surface area contributed by atoms with E-state index in [0.29, 0.717) is 38.1 Å². The summed E-state index contributed by atoms with van der Waals surface area (Å²) in [5.74, 6) is 0.244. The highest BCUT2D eigenvalue weighted by Crippen LogP contribution is 2.28. The molecule has 1 heterocycles. The van der Waals surface area contributed by atoms with Crippen molar-refractivity contribution in [2.24, 2.45) is 0 Å². The van der Waals surface area contributed by atoms with Gasteiger partial charge in [-0.25, -0.2) is 4.39 Å². The monoisotopic (exact) mass is 370 g/mol. The number of nitrogens with zero attached hydrogens (tertiary/aromatic N) is 2. The van der Waals surface area contributed by atoms with Crippen molar-refractivity contribution in [1.29, 1.82) is 0 Å². The van der Waals surface area contributed by atoms with Gasteiger partial charge in [-0.05, 0) is 42.7 Å². The number of amides is 2. The van der Waals surface area contributed by atoms with E-state index in [1.807, 2.05) is 24.3 Å². The number of aryl methyl sites for hydroxylation is 1. The summed E-state index contributed by atoms with van der Waals surface area (Å²) in [6.07, 6.45) is 1.76. The first-order valence-electron chi connectivity index (χ1n) is 9.04. The first kappa shape index (κ1) is 18.9. The molecule has 0 N–H and O–H groups in total. The van der Waals surface area contributed by atoms with E-state index in [1.165, 1.54) is 12.1 Å². The number of hydrogen-bond donors (Lipinski definition) is 0. The molecule has 6 heteroatoms. The average molecular weight is 370 g/mol. The summed E-state index contributed by atoms with van der Waals surface area (Å²) in [6, 6.07) is 13.7. The van der Waals surface area contributed by atoms with E-state index in [1.54, 1.807) is 29.0 Å².